The molecule has 2 N–H and O–H groups in total. The number of carbonyl (C=O) groups is 1. The molecule has 2 aromatic heterocycles. The van der Waals surface area contributed by atoms with E-state index in [2.05, 4.69) is 15.0 Å². The number of hydrogen-bond acceptors (Lipinski definition) is 5. The normalized spacial score (nSPS) is 17.7. The maximum Gasteiger partial charge on any atom is 0.287 e. The highest BCUT2D eigenvalue weighted by Crippen LogP contribution is 2.17. The molecular weight excluding hydrogens is 320 g/mol. The Balaban J connectivity index is 1.69. The van der Waals surface area contributed by atoms with Crippen LogP contribution in [0.25, 0.3) is 0 Å². The lowest BCUT2D eigenvalue weighted by atomic mass is 10.1. The number of nitrogens with one attached hydrogen (secondary N) is 2. The summed E-state index contributed by atoms with van der Waals surface area (Å²) in [5, 5.41) is 2.60. The van der Waals surface area contributed by atoms with Gasteiger partial charge in [-0.05, 0) is 32.5 Å². The molecule has 1 aliphatic rings. The number of carbonyl (C=O) groups excluding carboxylic acids is 1. The second-order valence-corrected chi connectivity index (χ2v) is 7.30. The molecule has 0 spiro atoms. The Morgan fingerprint density at radius 2 is 2.22 bits per heavy atom. The summed E-state index contributed by atoms with van der Waals surface area (Å²) < 4.78 is 32.5. The van der Waals surface area contributed by atoms with Crippen LogP contribution in [0.2, 0.25) is 0 Å². The molecule has 0 saturated heterocycles. The average Bonchev–Trinajstić information content (AvgIpc) is 3.12. The standard InChI is InChI=1S/C14H18N4O4S/c1-9-7-18-8-10(3-5-12(18)16-9)17-14(19)11-4-6-13(22-11)23(20,21)15-2/h4,6-7,10,15H,3,5,8H2,1-2H3,(H,17,19)/t10-/m0/s1. The van der Waals surface area contributed by atoms with Crippen LogP contribution in [0.4, 0.5) is 0 Å². The lowest BCUT2D eigenvalue weighted by molar-refractivity contribution is 0.0894. The van der Waals surface area contributed by atoms with Crippen molar-refractivity contribution < 1.29 is 17.6 Å². The summed E-state index contributed by atoms with van der Waals surface area (Å²) in [5.74, 6) is 0.577. The predicted octanol–water partition coefficient (Wildman–Crippen LogP) is 0.437. The molecule has 9 heteroatoms. The van der Waals surface area contributed by atoms with E-state index in [0.29, 0.717) is 6.54 Å². The van der Waals surface area contributed by atoms with Gasteiger partial charge in [0.05, 0.1) is 5.69 Å². The van der Waals surface area contributed by atoms with E-state index in [1.165, 1.54) is 19.2 Å². The first kappa shape index (κ1) is 15.8. The quantitative estimate of drug-likeness (QED) is 0.841. The fraction of sp³-hybridized carbons (Fsp3) is 0.429. The molecule has 0 aromatic carbocycles. The van der Waals surface area contributed by atoms with Crippen LogP contribution in [0, 0.1) is 6.92 Å². The molecule has 0 fully saturated rings. The van der Waals surface area contributed by atoms with Crippen molar-refractivity contribution in [3.63, 3.8) is 0 Å². The third kappa shape index (κ3) is 3.15. The summed E-state index contributed by atoms with van der Waals surface area (Å²) in [5.41, 5.74) is 0.958. The third-order valence-corrected chi connectivity index (χ3v) is 5.07. The Kier molecular flexibility index (Phi) is 3.99. The van der Waals surface area contributed by atoms with E-state index >= 15 is 0 Å². The van der Waals surface area contributed by atoms with Crippen LogP contribution in [0.3, 0.4) is 0 Å². The van der Waals surface area contributed by atoms with E-state index in [1.807, 2.05) is 17.7 Å². The van der Waals surface area contributed by atoms with Crippen LogP contribution < -0.4 is 10.0 Å². The lowest BCUT2D eigenvalue weighted by Crippen LogP contribution is -2.40. The number of aryl methyl sites for hydroxylation is 2. The molecule has 1 aliphatic heterocycles. The van der Waals surface area contributed by atoms with Crippen LogP contribution in [0.1, 0.15) is 28.5 Å². The van der Waals surface area contributed by atoms with E-state index < -0.39 is 15.9 Å². The van der Waals surface area contributed by atoms with Crippen molar-refractivity contribution in [2.45, 2.75) is 37.4 Å². The Hall–Kier alpha value is -2.13. The van der Waals surface area contributed by atoms with Crippen molar-refractivity contribution in [1.29, 1.82) is 0 Å². The van der Waals surface area contributed by atoms with Crippen molar-refractivity contribution >= 4 is 15.9 Å². The minimum atomic E-state index is -3.69. The van der Waals surface area contributed by atoms with Crippen molar-refractivity contribution in [3.8, 4) is 0 Å². The molecule has 3 rings (SSSR count). The Morgan fingerprint density at radius 1 is 1.43 bits per heavy atom. The summed E-state index contributed by atoms with van der Waals surface area (Å²) in [6.45, 7) is 2.58. The van der Waals surface area contributed by atoms with E-state index in [4.69, 9.17) is 4.42 Å². The van der Waals surface area contributed by atoms with Crippen LogP contribution in [0.15, 0.2) is 27.8 Å². The summed E-state index contributed by atoms with van der Waals surface area (Å²) in [4.78, 5) is 16.6. The number of fused-ring (bicyclic) bond motifs is 1. The summed E-state index contributed by atoms with van der Waals surface area (Å²) in [7, 11) is -2.41. The van der Waals surface area contributed by atoms with Crippen LogP contribution in [-0.2, 0) is 23.0 Å². The van der Waals surface area contributed by atoms with Gasteiger partial charge in [-0.25, -0.2) is 18.1 Å². The van der Waals surface area contributed by atoms with Gasteiger partial charge in [0.1, 0.15) is 5.82 Å². The molecule has 1 atom stereocenters. The van der Waals surface area contributed by atoms with Gasteiger partial charge in [-0.1, -0.05) is 0 Å². The van der Waals surface area contributed by atoms with Gasteiger partial charge < -0.3 is 14.3 Å². The molecule has 0 bridgehead atoms. The van der Waals surface area contributed by atoms with Gasteiger partial charge in [-0.3, -0.25) is 4.79 Å². The molecule has 1 amide bonds. The smallest absolute Gasteiger partial charge is 0.287 e. The number of furan rings is 1. The van der Waals surface area contributed by atoms with Gasteiger partial charge in [0.2, 0.25) is 5.09 Å². The molecule has 2 aromatic rings. The molecule has 3 heterocycles. The Morgan fingerprint density at radius 3 is 2.96 bits per heavy atom. The molecular formula is C14H18N4O4S. The van der Waals surface area contributed by atoms with Crippen molar-refractivity contribution in [2.24, 2.45) is 0 Å². The van der Waals surface area contributed by atoms with Crippen LogP contribution >= 0.6 is 0 Å². The largest absolute Gasteiger partial charge is 0.438 e. The zero-order chi connectivity index (χ0) is 16.6. The summed E-state index contributed by atoms with van der Waals surface area (Å²) >= 11 is 0. The van der Waals surface area contributed by atoms with E-state index in [0.717, 1.165) is 24.4 Å². The third-order valence-electron chi connectivity index (χ3n) is 3.79. The van der Waals surface area contributed by atoms with Gasteiger partial charge in [-0.15, -0.1) is 0 Å². The van der Waals surface area contributed by atoms with Crippen LogP contribution in [-0.4, -0.2) is 37.0 Å². The maximum absolute atomic E-state index is 12.2. The second-order valence-electron chi connectivity index (χ2n) is 5.49. The summed E-state index contributed by atoms with van der Waals surface area (Å²) in [6.07, 6.45) is 3.53. The molecule has 0 aliphatic carbocycles. The topological polar surface area (TPSA) is 106 Å². The molecule has 23 heavy (non-hydrogen) atoms. The van der Waals surface area contributed by atoms with Gasteiger partial charge in [0.25, 0.3) is 15.9 Å². The van der Waals surface area contributed by atoms with Crippen molar-refractivity contribution in [2.75, 3.05) is 7.05 Å². The van der Waals surface area contributed by atoms with Crippen molar-refractivity contribution in [1.82, 2.24) is 19.6 Å². The Bertz CT molecular complexity index is 837. The minimum absolute atomic E-state index is 0.0218. The van der Waals surface area contributed by atoms with Gasteiger partial charge >= 0.3 is 0 Å². The Labute approximate surface area is 133 Å². The predicted molar refractivity (Wildman–Crippen MR) is 81.5 cm³/mol. The SMILES string of the molecule is CNS(=O)(=O)c1ccc(C(=O)N[C@H]2CCc3nc(C)cn3C2)o1. The molecule has 8 nitrogen and oxygen atoms in total. The van der Waals surface area contributed by atoms with Gasteiger partial charge in [-0.2, -0.15) is 0 Å². The fourth-order valence-electron chi connectivity index (χ4n) is 2.65. The zero-order valence-electron chi connectivity index (χ0n) is 12.9. The number of amides is 1. The van der Waals surface area contributed by atoms with Crippen LogP contribution in [0.5, 0.6) is 0 Å². The maximum atomic E-state index is 12.2. The molecule has 0 saturated carbocycles. The summed E-state index contributed by atoms with van der Waals surface area (Å²) in [6, 6.07) is 2.58. The van der Waals surface area contributed by atoms with Gasteiger partial charge in [0, 0.05) is 25.2 Å². The average molecular weight is 338 g/mol. The first-order valence-corrected chi connectivity index (χ1v) is 8.74. The number of rotatable bonds is 4. The lowest BCUT2D eigenvalue weighted by Gasteiger charge is -2.24. The first-order valence-electron chi connectivity index (χ1n) is 7.26. The highest BCUT2D eigenvalue weighted by molar-refractivity contribution is 7.89. The number of hydrogen-bond donors (Lipinski definition) is 2. The van der Waals surface area contributed by atoms with Gasteiger partial charge in [0.15, 0.2) is 5.76 Å². The molecule has 124 valence electrons. The number of nitrogens with zero attached hydrogens (tertiary/aromatic N) is 2. The minimum Gasteiger partial charge on any atom is -0.438 e. The van der Waals surface area contributed by atoms with Crippen molar-refractivity contribution in [3.05, 3.63) is 35.6 Å². The highest BCUT2D eigenvalue weighted by atomic mass is 32.2. The van der Waals surface area contributed by atoms with E-state index in [1.54, 1.807) is 0 Å². The van der Waals surface area contributed by atoms with E-state index in [-0.39, 0.29) is 16.9 Å². The van der Waals surface area contributed by atoms with E-state index in [9.17, 15) is 13.2 Å². The number of imidazole rings is 1. The monoisotopic (exact) mass is 338 g/mol. The zero-order valence-corrected chi connectivity index (χ0v) is 13.7. The highest BCUT2D eigenvalue weighted by Gasteiger charge is 2.24. The second kappa shape index (κ2) is 5.82. The molecule has 0 unspecified atom stereocenters. The first-order chi connectivity index (χ1) is 10.9. The number of sulfonamides is 1. The molecule has 0 radical (unpaired) electrons. The fourth-order valence-corrected chi connectivity index (χ4v) is 3.30. The number of aromatic nitrogens is 2.